The molecular weight excluding hydrogens is 348 g/mol. The second-order valence-electron chi connectivity index (χ2n) is 9.06. The van der Waals surface area contributed by atoms with Crippen LogP contribution in [0.1, 0.15) is 57.8 Å². The first kappa shape index (κ1) is 19.7. The number of anilines is 1. The highest BCUT2D eigenvalue weighted by atomic mass is 16.2. The minimum Gasteiger partial charge on any atom is -0.356 e. The number of nitrogens with zero attached hydrogens (tertiary/aromatic N) is 3. The molecule has 154 valence electrons. The van der Waals surface area contributed by atoms with Gasteiger partial charge in [0.25, 0.3) is 0 Å². The van der Waals surface area contributed by atoms with Crippen LogP contribution in [0.25, 0.3) is 0 Å². The number of amides is 1. The normalized spacial score (nSPS) is 25.6. The highest BCUT2D eigenvalue weighted by Gasteiger charge is 2.29. The van der Waals surface area contributed by atoms with Crippen LogP contribution in [0.5, 0.6) is 0 Å². The molecule has 1 atom stereocenters. The molecule has 1 aliphatic carbocycles. The van der Waals surface area contributed by atoms with Gasteiger partial charge in [-0.1, -0.05) is 25.3 Å². The van der Waals surface area contributed by atoms with Crippen molar-refractivity contribution < 1.29 is 4.79 Å². The molecule has 1 aromatic heterocycles. The quantitative estimate of drug-likeness (QED) is 0.845. The first-order valence-electron chi connectivity index (χ1n) is 11.5. The summed E-state index contributed by atoms with van der Waals surface area (Å²) in [6.07, 6.45) is 13.2. The number of piperidine rings is 2. The zero-order chi connectivity index (χ0) is 19.2. The highest BCUT2D eigenvalue weighted by molar-refractivity contribution is 5.79. The van der Waals surface area contributed by atoms with Crippen LogP contribution in [0.3, 0.4) is 0 Å². The molecule has 0 spiro atoms. The lowest BCUT2D eigenvalue weighted by atomic mass is 9.88. The third kappa shape index (κ3) is 5.25. The van der Waals surface area contributed by atoms with E-state index in [4.69, 9.17) is 0 Å². The molecule has 3 fully saturated rings. The predicted octanol–water partition coefficient (Wildman–Crippen LogP) is 3.46. The lowest BCUT2D eigenvalue weighted by Crippen LogP contribution is -2.50. The zero-order valence-electron chi connectivity index (χ0n) is 17.2. The summed E-state index contributed by atoms with van der Waals surface area (Å²) < 4.78 is 0. The molecule has 5 nitrogen and oxygen atoms in total. The number of likely N-dealkylation sites (tertiary alicyclic amines) is 1. The molecule has 28 heavy (non-hydrogen) atoms. The number of hydrogen-bond donors (Lipinski definition) is 1. The van der Waals surface area contributed by atoms with Gasteiger partial charge >= 0.3 is 0 Å². The number of rotatable bonds is 5. The molecule has 0 bridgehead atoms. The summed E-state index contributed by atoms with van der Waals surface area (Å²) in [6, 6.07) is 6.37. The van der Waals surface area contributed by atoms with Gasteiger partial charge in [0.1, 0.15) is 5.82 Å². The summed E-state index contributed by atoms with van der Waals surface area (Å²) in [7, 11) is 0. The van der Waals surface area contributed by atoms with Crippen molar-refractivity contribution in [2.75, 3.05) is 37.6 Å². The van der Waals surface area contributed by atoms with Gasteiger partial charge < -0.3 is 15.1 Å². The van der Waals surface area contributed by atoms with Gasteiger partial charge in [0.2, 0.25) is 5.91 Å². The fourth-order valence-electron chi connectivity index (χ4n) is 5.25. The Hall–Kier alpha value is -1.62. The summed E-state index contributed by atoms with van der Waals surface area (Å²) in [5, 5.41) is 3.37. The Balaban J connectivity index is 1.21. The maximum Gasteiger partial charge on any atom is 0.225 e. The molecule has 3 aliphatic rings. The van der Waals surface area contributed by atoms with E-state index in [0.717, 1.165) is 63.6 Å². The number of nitrogens with one attached hydrogen (secondary N) is 1. The van der Waals surface area contributed by atoms with Gasteiger partial charge in [0.05, 0.1) is 5.92 Å². The van der Waals surface area contributed by atoms with Crippen LogP contribution in [-0.4, -0.2) is 54.6 Å². The number of pyridine rings is 1. The lowest BCUT2D eigenvalue weighted by molar-refractivity contribution is -0.126. The van der Waals surface area contributed by atoms with E-state index < -0.39 is 0 Å². The molecule has 1 aromatic rings. The van der Waals surface area contributed by atoms with Crippen molar-refractivity contribution in [2.45, 2.75) is 63.8 Å². The lowest BCUT2D eigenvalue weighted by Gasteiger charge is -2.37. The van der Waals surface area contributed by atoms with Crippen molar-refractivity contribution in [3.8, 4) is 0 Å². The van der Waals surface area contributed by atoms with Crippen LogP contribution in [-0.2, 0) is 4.79 Å². The van der Waals surface area contributed by atoms with Crippen molar-refractivity contribution in [1.82, 2.24) is 15.2 Å². The smallest absolute Gasteiger partial charge is 0.225 e. The first-order valence-corrected chi connectivity index (χ1v) is 11.5. The molecule has 2 saturated heterocycles. The standard InChI is InChI=1S/C23H36N4O/c28-23(20-9-6-14-27(18-20)22-10-4-5-13-24-22)25-21-11-15-26(16-12-21)17-19-7-2-1-3-8-19/h4-5,10,13,19-21H,1-3,6-9,11-12,14-18H2,(H,25,28)/t20-/m0/s1. The molecule has 1 N–H and O–H groups in total. The average molecular weight is 385 g/mol. The van der Waals surface area contributed by atoms with E-state index in [2.05, 4.69) is 20.1 Å². The van der Waals surface area contributed by atoms with Crippen LogP contribution in [0.2, 0.25) is 0 Å². The third-order valence-corrected chi connectivity index (χ3v) is 6.94. The van der Waals surface area contributed by atoms with Crippen LogP contribution in [0.15, 0.2) is 24.4 Å². The van der Waals surface area contributed by atoms with Crippen LogP contribution < -0.4 is 10.2 Å². The number of carbonyl (C=O) groups is 1. The molecular formula is C23H36N4O. The monoisotopic (exact) mass is 384 g/mol. The zero-order valence-corrected chi connectivity index (χ0v) is 17.2. The largest absolute Gasteiger partial charge is 0.356 e. The van der Waals surface area contributed by atoms with E-state index in [-0.39, 0.29) is 11.8 Å². The topological polar surface area (TPSA) is 48.5 Å². The number of aromatic nitrogens is 1. The Morgan fingerprint density at radius 2 is 1.82 bits per heavy atom. The van der Waals surface area contributed by atoms with Crippen LogP contribution in [0, 0.1) is 11.8 Å². The molecule has 1 amide bonds. The molecule has 0 aromatic carbocycles. The van der Waals surface area contributed by atoms with E-state index in [0.29, 0.717) is 6.04 Å². The Kier molecular flexibility index (Phi) is 6.84. The maximum atomic E-state index is 12.9. The molecule has 0 unspecified atom stereocenters. The van der Waals surface area contributed by atoms with Gasteiger partial charge in [-0.2, -0.15) is 0 Å². The number of carbonyl (C=O) groups excluding carboxylic acids is 1. The van der Waals surface area contributed by atoms with Crippen molar-refractivity contribution in [1.29, 1.82) is 0 Å². The molecule has 2 aliphatic heterocycles. The van der Waals surface area contributed by atoms with Crippen LogP contribution in [0.4, 0.5) is 5.82 Å². The van der Waals surface area contributed by atoms with Gasteiger partial charge in [-0.25, -0.2) is 4.98 Å². The molecule has 4 rings (SSSR count). The Morgan fingerprint density at radius 1 is 1.00 bits per heavy atom. The second kappa shape index (κ2) is 9.73. The van der Waals surface area contributed by atoms with Crippen molar-refractivity contribution in [3.05, 3.63) is 24.4 Å². The molecule has 0 radical (unpaired) electrons. The molecule has 5 heteroatoms. The van der Waals surface area contributed by atoms with Gasteiger partial charge in [-0.3, -0.25) is 4.79 Å². The summed E-state index contributed by atoms with van der Waals surface area (Å²) in [6.45, 7) is 5.37. The second-order valence-corrected chi connectivity index (χ2v) is 9.06. The third-order valence-electron chi connectivity index (χ3n) is 6.94. The van der Waals surface area contributed by atoms with E-state index in [9.17, 15) is 4.79 Å². The summed E-state index contributed by atoms with van der Waals surface area (Å²) in [5.41, 5.74) is 0. The fraction of sp³-hybridized carbons (Fsp3) is 0.739. The minimum absolute atomic E-state index is 0.0935. The summed E-state index contributed by atoms with van der Waals surface area (Å²) in [5.74, 6) is 2.26. The van der Waals surface area contributed by atoms with Crippen LogP contribution >= 0.6 is 0 Å². The Bertz CT molecular complexity index is 608. The maximum absolute atomic E-state index is 12.9. The molecule has 1 saturated carbocycles. The minimum atomic E-state index is 0.0935. The van der Waals surface area contributed by atoms with Gasteiger partial charge in [-0.05, 0) is 56.6 Å². The van der Waals surface area contributed by atoms with Gasteiger partial charge in [0.15, 0.2) is 0 Å². The van der Waals surface area contributed by atoms with Crippen molar-refractivity contribution >= 4 is 11.7 Å². The molecule has 3 heterocycles. The fourth-order valence-corrected chi connectivity index (χ4v) is 5.25. The van der Waals surface area contributed by atoms with E-state index in [1.54, 1.807) is 0 Å². The average Bonchev–Trinajstić information content (AvgIpc) is 2.76. The predicted molar refractivity (Wildman–Crippen MR) is 113 cm³/mol. The highest BCUT2D eigenvalue weighted by Crippen LogP contribution is 2.26. The summed E-state index contributed by atoms with van der Waals surface area (Å²) in [4.78, 5) is 22.2. The van der Waals surface area contributed by atoms with Gasteiger partial charge in [-0.15, -0.1) is 0 Å². The van der Waals surface area contributed by atoms with E-state index in [1.807, 2.05) is 24.4 Å². The Morgan fingerprint density at radius 3 is 2.57 bits per heavy atom. The number of hydrogen-bond acceptors (Lipinski definition) is 4. The van der Waals surface area contributed by atoms with E-state index in [1.165, 1.54) is 38.6 Å². The van der Waals surface area contributed by atoms with Gasteiger partial charge in [0, 0.05) is 45.0 Å². The van der Waals surface area contributed by atoms with Crippen molar-refractivity contribution in [2.24, 2.45) is 11.8 Å². The van der Waals surface area contributed by atoms with Crippen molar-refractivity contribution in [3.63, 3.8) is 0 Å². The first-order chi connectivity index (χ1) is 13.8. The SMILES string of the molecule is O=C(NC1CCN(CC2CCCCC2)CC1)[C@H]1CCCN(c2ccccn2)C1. The van der Waals surface area contributed by atoms with E-state index >= 15 is 0 Å². The summed E-state index contributed by atoms with van der Waals surface area (Å²) >= 11 is 0. The Labute approximate surface area is 169 Å².